The average molecular weight is 288 g/mol. The SMILES string of the molecule is CC(C)c1ccc(C(O)CNCCc2ncn(C)n2)cc1. The van der Waals surface area contributed by atoms with Gasteiger partial charge in [0.25, 0.3) is 0 Å². The first-order valence-electron chi connectivity index (χ1n) is 7.39. The van der Waals surface area contributed by atoms with Crippen molar-refractivity contribution >= 4 is 0 Å². The summed E-state index contributed by atoms with van der Waals surface area (Å²) < 4.78 is 1.69. The normalized spacial score (nSPS) is 12.8. The monoisotopic (exact) mass is 288 g/mol. The van der Waals surface area contributed by atoms with E-state index in [1.807, 2.05) is 19.2 Å². The molecule has 0 saturated heterocycles. The number of rotatable bonds is 7. The average Bonchev–Trinajstić information content (AvgIpc) is 2.89. The molecular formula is C16H24N4O. The van der Waals surface area contributed by atoms with Gasteiger partial charge in [0, 0.05) is 26.6 Å². The molecule has 114 valence electrons. The van der Waals surface area contributed by atoms with E-state index in [9.17, 15) is 5.11 Å². The number of benzene rings is 1. The van der Waals surface area contributed by atoms with Crippen LogP contribution in [0.3, 0.4) is 0 Å². The highest BCUT2D eigenvalue weighted by atomic mass is 16.3. The second-order valence-corrected chi connectivity index (χ2v) is 5.63. The largest absolute Gasteiger partial charge is 0.387 e. The number of nitrogens with zero attached hydrogens (tertiary/aromatic N) is 3. The highest BCUT2D eigenvalue weighted by molar-refractivity contribution is 5.26. The van der Waals surface area contributed by atoms with Crippen LogP contribution in [0.25, 0.3) is 0 Å². The Labute approximate surface area is 126 Å². The van der Waals surface area contributed by atoms with Crippen LogP contribution in [0.2, 0.25) is 0 Å². The lowest BCUT2D eigenvalue weighted by molar-refractivity contribution is 0.175. The Morgan fingerprint density at radius 1 is 1.19 bits per heavy atom. The van der Waals surface area contributed by atoms with Gasteiger partial charge in [-0.1, -0.05) is 38.1 Å². The summed E-state index contributed by atoms with van der Waals surface area (Å²) in [6, 6.07) is 8.17. The zero-order valence-corrected chi connectivity index (χ0v) is 13.0. The van der Waals surface area contributed by atoms with Gasteiger partial charge < -0.3 is 10.4 Å². The molecule has 0 fully saturated rings. The third-order valence-corrected chi connectivity index (χ3v) is 3.50. The summed E-state index contributed by atoms with van der Waals surface area (Å²) in [6.07, 6.45) is 1.98. The summed E-state index contributed by atoms with van der Waals surface area (Å²) in [5, 5.41) is 17.6. The van der Waals surface area contributed by atoms with E-state index in [1.54, 1.807) is 11.0 Å². The summed E-state index contributed by atoms with van der Waals surface area (Å²) >= 11 is 0. The lowest BCUT2D eigenvalue weighted by atomic mass is 10.00. The Kier molecular flexibility index (Phi) is 5.47. The Balaban J connectivity index is 1.75. The smallest absolute Gasteiger partial charge is 0.151 e. The van der Waals surface area contributed by atoms with Gasteiger partial charge in [0.1, 0.15) is 6.33 Å². The minimum absolute atomic E-state index is 0.483. The van der Waals surface area contributed by atoms with Crippen LogP contribution in [0.15, 0.2) is 30.6 Å². The molecule has 1 atom stereocenters. The molecule has 0 aliphatic rings. The fraction of sp³-hybridized carbons (Fsp3) is 0.500. The predicted molar refractivity (Wildman–Crippen MR) is 83.1 cm³/mol. The molecule has 0 bridgehead atoms. The third kappa shape index (κ3) is 4.65. The molecule has 5 heteroatoms. The van der Waals surface area contributed by atoms with Gasteiger partial charge in [-0.15, -0.1) is 0 Å². The molecule has 1 heterocycles. The zero-order valence-electron chi connectivity index (χ0n) is 13.0. The van der Waals surface area contributed by atoms with E-state index in [4.69, 9.17) is 0 Å². The number of aliphatic hydroxyl groups is 1. The van der Waals surface area contributed by atoms with Gasteiger partial charge >= 0.3 is 0 Å². The van der Waals surface area contributed by atoms with Crippen LogP contribution in [0.1, 0.15) is 42.8 Å². The van der Waals surface area contributed by atoms with Crippen molar-refractivity contribution in [2.24, 2.45) is 7.05 Å². The molecular weight excluding hydrogens is 264 g/mol. The summed E-state index contributed by atoms with van der Waals surface area (Å²) in [6.45, 7) is 5.62. The van der Waals surface area contributed by atoms with Gasteiger partial charge in [0.05, 0.1) is 6.10 Å². The maximum absolute atomic E-state index is 10.2. The first-order chi connectivity index (χ1) is 10.1. The number of aromatic nitrogens is 3. The molecule has 0 spiro atoms. The van der Waals surface area contributed by atoms with Crippen molar-refractivity contribution in [3.63, 3.8) is 0 Å². The lowest BCUT2D eigenvalue weighted by Gasteiger charge is -2.13. The van der Waals surface area contributed by atoms with E-state index in [0.29, 0.717) is 12.5 Å². The summed E-state index contributed by atoms with van der Waals surface area (Å²) in [7, 11) is 1.86. The number of hydrogen-bond acceptors (Lipinski definition) is 4. The molecule has 2 rings (SSSR count). The van der Waals surface area contributed by atoms with Crippen molar-refractivity contribution in [3.05, 3.63) is 47.5 Å². The molecule has 2 aromatic rings. The maximum atomic E-state index is 10.2. The van der Waals surface area contributed by atoms with Crippen LogP contribution >= 0.6 is 0 Å². The molecule has 5 nitrogen and oxygen atoms in total. The first-order valence-corrected chi connectivity index (χ1v) is 7.39. The second kappa shape index (κ2) is 7.33. The van der Waals surface area contributed by atoms with Crippen LogP contribution < -0.4 is 5.32 Å². The van der Waals surface area contributed by atoms with E-state index in [0.717, 1.165) is 24.4 Å². The first kappa shape index (κ1) is 15.7. The molecule has 0 aliphatic carbocycles. The van der Waals surface area contributed by atoms with Crippen molar-refractivity contribution in [2.75, 3.05) is 13.1 Å². The van der Waals surface area contributed by atoms with Crippen LogP contribution in [0.4, 0.5) is 0 Å². The van der Waals surface area contributed by atoms with Gasteiger partial charge in [-0.2, -0.15) is 5.10 Å². The third-order valence-electron chi connectivity index (χ3n) is 3.50. The topological polar surface area (TPSA) is 63.0 Å². The summed E-state index contributed by atoms with van der Waals surface area (Å²) in [5.74, 6) is 1.33. The van der Waals surface area contributed by atoms with Gasteiger partial charge in [-0.25, -0.2) is 4.98 Å². The standard InChI is InChI=1S/C16H24N4O/c1-12(2)13-4-6-14(7-5-13)15(21)10-17-9-8-16-18-11-20(3)19-16/h4-7,11-12,15,17,21H,8-10H2,1-3H3. The summed E-state index contributed by atoms with van der Waals surface area (Å²) in [4.78, 5) is 4.17. The van der Waals surface area contributed by atoms with E-state index in [1.165, 1.54) is 5.56 Å². The molecule has 0 radical (unpaired) electrons. The zero-order chi connectivity index (χ0) is 15.2. The van der Waals surface area contributed by atoms with Gasteiger partial charge in [0.2, 0.25) is 0 Å². The fourth-order valence-corrected chi connectivity index (χ4v) is 2.16. The molecule has 0 amide bonds. The molecule has 1 aromatic heterocycles. The van der Waals surface area contributed by atoms with Crippen molar-refractivity contribution in [3.8, 4) is 0 Å². The van der Waals surface area contributed by atoms with E-state index < -0.39 is 6.10 Å². The minimum Gasteiger partial charge on any atom is -0.387 e. The number of hydrogen-bond donors (Lipinski definition) is 2. The predicted octanol–water partition coefficient (Wildman–Crippen LogP) is 1.80. The molecule has 1 aromatic carbocycles. The Morgan fingerprint density at radius 2 is 1.86 bits per heavy atom. The number of nitrogens with one attached hydrogen (secondary N) is 1. The van der Waals surface area contributed by atoms with Crippen LogP contribution in [-0.2, 0) is 13.5 Å². The molecule has 1 unspecified atom stereocenters. The number of aliphatic hydroxyl groups excluding tert-OH is 1. The van der Waals surface area contributed by atoms with Crippen molar-refractivity contribution in [1.82, 2.24) is 20.1 Å². The highest BCUT2D eigenvalue weighted by Crippen LogP contribution is 2.18. The van der Waals surface area contributed by atoms with Crippen LogP contribution in [0.5, 0.6) is 0 Å². The quantitative estimate of drug-likeness (QED) is 0.763. The van der Waals surface area contributed by atoms with E-state index in [2.05, 4.69) is 41.4 Å². The van der Waals surface area contributed by atoms with Gasteiger partial charge in [0.15, 0.2) is 5.82 Å². The molecule has 21 heavy (non-hydrogen) atoms. The van der Waals surface area contributed by atoms with Crippen molar-refractivity contribution in [1.29, 1.82) is 0 Å². The van der Waals surface area contributed by atoms with Crippen molar-refractivity contribution < 1.29 is 5.11 Å². The van der Waals surface area contributed by atoms with Crippen molar-refractivity contribution in [2.45, 2.75) is 32.3 Å². The summed E-state index contributed by atoms with van der Waals surface area (Å²) in [5.41, 5.74) is 2.24. The van der Waals surface area contributed by atoms with Gasteiger partial charge in [-0.3, -0.25) is 4.68 Å². The van der Waals surface area contributed by atoms with E-state index >= 15 is 0 Å². The highest BCUT2D eigenvalue weighted by Gasteiger charge is 2.08. The molecule has 0 saturated carbocycles. The van der Waals surface area contributed by atoms with Crippen LogP contribution in [0, 0.1) is 0 Å². The Hall–Kier alpha value is -1.72. The van der Waals surface area contributed by atoms with Gasteiger partial charge in [-0.05, 0) is 17.0 Å². The van der Waals surface area contributed by atoms with Crippen LogP contribution in [-0.4, -0.2) is 33.0 Å². The maximum Gasteiger partial charge on any atom is 0.151 e. The lowest BCUT2D eigenvalue weighted by Crippen LogP contribution is -2.24. The molecule has 2 N–H and O–H groups in total. The Morgan fingerprint density at radius 3 is 2.43 bits per heavy atom. The second-order valence-electron chi connectivity index (χ2n) is 5.63. The van der Waals surface area contributed by atoms with E-state index in [-0.39, 0.29) is 0 Å². The Bertz CT molecular complexity index is 548. The minimum atomic E-state index is -0.483. The molecule has 0 aliphatic heterocycles. The fourth-order valence-electron chi connectivity index (χ4n) is 2.16. The number of aryl methyl sites for hydroxylation is 1.